The number of rotatable bonds is 6. The molecule has 13 heteroatoms. The number of phosphoric ester groups is 1. The molecule has 1 aromatic heterocycles. The van der Waals surface area contributed by atoms with Crippen LogP contribution in [0.5, 0.6) is 11.5 Å². The number of phenols is 1. The standard InChI is InChI=1S/C32H25Cl2N2O7PS/c33-13-17-15-35(23-11-25(37)19-5-1-3-7-21(19)29(17)23)31(38)27-9-10-28(45-27)32(39)36-16-18(14-34)30-22-8-4-2-6-20(22)26(12-24(30)36)43-44(40,41)42/h1-12,17-18,37H,13-16H2,(H2,40,41,42). The van der Waals surface area contributed by atoms with Crippen LogP contribution >= 0.6 is 42.4 Å². The number of carbonyl (C=O) groups is 2. The minimum Gasteiger partial charge on any atom is -0.507 e. The molecule has 45 heavy (non-hydrogen) atoms. The van der Waals surface area contributed by atoms with Crippen molar-refractivity contribution >= 4 is 87.1 Å². The van der Waals surface area contributed by atoms with E-state index in [0.717, 1.165) is 27.8 Å². The Balaban J connectivity index is 1.24. The fraction of sp³-hybridized carbons (Fsp3) is 0.188. The van der Waals surface area contributed by atoms with Gasteiger partial charge < -0.3 is 19.4 Å². The third-order valence-electron chi connectivity index (χ3n) is 8.38. The molecular weight excluding hydrogens is 658 g/mol. The molecule has 3 heterocycles. The van der Waals surface area contributed by atoms with E-state index in [0.29, 0.717) is 43.8 Å². The largest absolute Gasteiger partial charge is 0.524 e. The van der Waals surface area contributed by atoms with E-state index in [9.17, 15) is 29.0 Å². The first-order valence-corrected chi connectivity index (χ1v) is 17.4. The summed E-state index contributed by atoms with van der Waals surface area (Å²) in [6.45, 7) is 0.573. The van der Waals surface area contributed by atoms with Crippen LogP contribution in [0.15, 0.2) is 72.8 Å². The van der Waals surface area contributed by atoms with Gasteiger partial charge in [0.05, 0.1) is 21.1 Å². The second kappa shape index (κ2) is 11.3. The van der Waals surface area contributed by atoms with Crippen LogP contribution in [0.3, 0.4) is 0 Å². The van der Waals surface area contributed by atoms with Gasteiger partial charge in [-0.2, -0.15) is 0 Å². The molecule has 0 aliphatic carbocycles. The maximum Gasteiger partial charge on any atom is 0.524 e. The van der Waals surface area contributed by atoms with Crippen molar-refractivity contribution in [3.05, 3.63) is 93.7 Å². The van der Waals surface area contributed by atoms with E-state index in [1.807, 2.05) is 24.3 Å². The van der Waals surface area contributed by atoms with E-state index in [-0.39, 0.29) is 53.5 Å². The number of hydrogen-bond acceptors (Lipinski definition) is 6. The summed E-state index contributed by atoms with van der Waals surface area (Å²) in [5.41, 5.74) is 2.72. The van der Waals surface area contributed by atoms with Crippen molar-refractivity contribution in [1.29, 1.82) is 0 Å². The molecular formula is C32H25Cl2N2O7PS. The summed E-state index contributed by atoms with van der Waals surface area (Å²) in [4.78, 5) is 50.7. The summed E-state index contributed by atoms with van der Waals surface area (Å²) < 4.78 is 16.8. The molecule has 7 rings (SSSR count). The van der Waals surface area contributed by atoms with Gasteiger partial charge in [-0.25, -0.2) is 4.57 Å². The number of carbonyl (C=O) groups excluding carboxylic acids is 2. The fourth-order valence-electron chi connectivity index (χ4n) is 6.51. The number of nitrogens with zero attached hydrogens (tertiary/aromatic N) is 2. The fourth-order valence-corrected chi connectivity index (χ4v) is 8.33. The van der Waals surface area contributed by atoms with Gasteiger partial charge in [-0.3, -0.25) is 19.4 Å². The van der Waals surface area contributed by atoms with Gasteiger partial charge >= 0.3 is 7.82 Å². The molecule has 2 amide bonds. The summed E-state index contributed by atoms with van der Waals surface area (Å²) in [5, 5.41) is 13.5. The number of fused-ring (bicyclic) bond motifs is 6. The number of anilines is 2. The van der Waals surface area contributed by atoms with Crippen molar-refractivity contribution in [3.63, 3.8) is 0 Å². The molecule has 9 nitrogen and oxygen atoms in total. The Morgan fingerprint density at radius 1 is 0.778 bits per heavy atom. The van der Waals surface area contributed by atoms with Crippen molar-refractivity contribution in [2.45, 2.75) is 11.8 Å². The van der Waals surface area contributed by atoms with Crippen LogP contribution in [0.25, 0.3) is 21.5 Å². The molecule has 230 valence electrons. The molecule has 0 radical (unpaired) electrons. The smallest absolute Gasteiger partial charge is 0.507 e. The van der Waals surface area contributed by atoms with Crippen LogP contribution in [-0.2, 0) is 4.57 Å². The Morgan fingerprint density at radius 2 is 1.24 bits per heavy atom. The molecule has 2 aliphatic heterocycles. The number of amides is 2. The van der Waals surface area contributed by atoms with E-state index in [1.54, 1.807) is 47.4 Å². The highest BCUT2D eigenvalue weighted by Gasteiger charge is 2.38. The van der Waals surface area contributed by atoms with Crippen molar-refractivity contribution in [2.24, 2.45) is 0 Å². The normalized spacial score (nSPS) is 17.6. The highest BCUT2D eigenvalue weighted by atomic mass is 35.5. The highest BCUT2D eigenvalue weighted by Crippen LogP contribution is 2.50. The Morgan fingerprint density at radius 3 is 1.76 bits per heavy atom. The maximum absolute atomic E-state index is 14.0. The van der Waals surface area contributed by atoms with Crippen molar-refractivity contribution in [3.8, 4) is 11.5 Å². The van der Waals surface area contributed by atoms with E-state index in [1.165, 1.54) is 11.0 Å². The first kappa shape index (κ1) is 30.0. The van der Waals surface area contributed by atoms with Gasteiger partial charge in [0.1, 0.15) is 11.5 Å². The average Bonchev–Trinajstić information content (AvgIpc) is 3.76. The zero-order valence-electron chi connectivity index (χ0n) is 23.4. The number of aromatic hydroxyl groups is 1. The quantitative estimate of drug-likeness (QED) is 0.128. The zero-order valence-corrected chi connectivity index (χ0v) is 26.6. The van der Waals surface area contributed by atoms with Crippen LogP contribution < -0.4 is 14.3 Å². The number of phosphoric acid groups is 1. The lowest BCUT2D eigenvalue weighted by molar-refractivity contribution is 0.0986. The Kier molecular flexibility index (Phi) is 7.55. The molecule has 3 N–H and O–H groups in total. The van der Waals surface area contributed by atoms with Gasteiger partial charge in [0.25, 0.3) is 11.8 Å². The first-order valence-electron chi connectivity index (χ1n) is 14.0. The summed E-state index contributed by atoms with van der Waals surface area (Å²) >= 11 is 13.8. The predicted molar refractivity (Wildman–Crippen MR) is 177 cm³/mol. The lowest BCUT2D eigenvalue weighted by Gasteiger charge is -2.19. The van der Waals surface area contributed by atoms with Gasteiger partial charge in [0.15, 0.2) is 0 Å². The van der Waals surface area contributed by atoms with Gasteiger partial charge in [-0.05, 0) is 34.0 Å². The molecule has 0 saturated carbocycles. The second-order valence-electron chi connectivity index (χ2n) is 11.0. The monoisotopic (exact) mass is 682 g/mol. The van der Waals surface area contributed by atoms with Gasteiger partial charge in [-0.1, -0.05) is 48.5 Å². The molecule has 0 bridgehead atoms. The molecule has 0 saturated heterocycles. The minimum atomic E-state index is -4.90. The topological polar surface area (TPSA) is 128 Å². The summed E-state index contributed by atoms with van der Waals surface area (Å²) in [6.07, 6.45) is 0. The lowest BCUT2D eigenvalue weighted by Crippen LogP contribution is -2.30. The highest BCUT2D eigenvalue weighted by molar-refractivity contribution is 7.46. The Bertz CT molecular complexity index is 2080. The molecule has 0 spiro atoms. The number of alkyl halides is 2. The van der Waals surface area contributed by atoms with Gasteiger partial charge in [0, 0.05) is 59.6 Å². The van der Waals surface area contributed by atoms with E-state index >= 15 is 0 Å². The number of benzene rings is 4. The van der Waals surface area contributed by atoms with E-state index in [4.69, 9.17) is 27.7 Å². The molecule has 0 fully saturated rings. The van der Waals surface area contributed by atoms with Crippen molar-refractivity contribution < 1.29 is 33.6 Å². The van der Waals surface area contributed by atoms with Crippen LogP contribution in [0.4, 0.5) is 11.4 Å². The summed E-state index contributed by atoms with van der Waals surface area (Å²) in [5.74, 6) is -0.549. The van der Waals surface area contributed by atoms with Crippen LogP contribution in [0.1, 0.15) is 42.3 Å². The maximum atomic E-state index is 14.0. The first-order chi connectivity index (χ1) is 21.6. The summed E-state index contributed by atoms with van der Waals surface area (Å²) in [6, 6.07) is 20.7. The van der Waals surface area contributed by atoms with E-state index in [2.05, 4.69) is 0 Å². The van der Waals surface area contributed by atoms with E-state index < -0.39 is 7.82 Å². The Hall–Kier alpha value is -3.63. The van der Waals surface area contributed by atoms with Crippen molar-refractivity contribution in [2.75, 3.05) is 34.6 Å². The van der Waals surface area contributed by atoms with Gasteiger partial charge in [-0.15, -0.1) is 34.5 Å². The number of thiophene rings is 1. The minimum absolute atomic E-state index is 0.0509. The predicted octanol–water partition coefficient (Wildman–Crippen LogP) is 7.20. The van der Waals surface area contributed by atoms with Gasteiger partial charge in [0.2, 0.25) is 0 Å². The number of halogens is 2. The number of phenolic OH excluding ortho intramolecular Hbond substituents is 1. The summed E-state index contributed by atoms with van der Waals surface area (Å²) in [7, 11) is -4.90. The second-order valence-corrected chi connectivity index (χ2v) is 13.9. The average molecular weight is 684 g/mol. The molecule has 5 aromatic rings. The van der Waals surface area contributed by atoms with Crippen molar-refractivity contribution in [1.82, 2.24) is 0 Å². The molecule has 2 aliphatic rings. The lowest BCUT2D eigenvalue weighted by atomic mass is 9.95. The Labute approximate surface area is 271 Å². The van der Waals surface area contributed by atoms with Crippen LogP contribution in [0.2, 0.25) is 0 Å². The zero-order chi connectivity index (χ0) is 31.6. The third-order valence-corrected chi connectivity index (χ3v) is 10.6. The molecule has 2 unspecified atom stereocenters. The third kappa shape index (κ3) is 5.06. The van der Waals surface area contributed by atoms with Crippen LogP contribution in [-0.4, -0.2) is 51.6 Å². The molecule has 2 atom stereocenters. The number of hydrogen-bond donors (Lipinski definition) is 3. The SMILES string of the molecule is O=C(c1ccc(C(=O)N2CC(CCl)c3c2cc(OP(=O)(O)O)c2ccccc32)s1)N1CC(CCl)c2c1cc(O)c1ccccc21. The van der Waals surface area contributed by atoms with Crippen LogP contribution in [0, 0.1) is 0 Å². The molecule has 4 aromatic carbocycles.